The molecule has 0 radical (unpaired) electrons. The number of aromatic nitrogens is 2. The number of nitrogens with zero attached hydrogens (tertiary/aromatic N) is 3. The van der Waals surface area contributed by atoms with Crippen LogP contribution in [0.2, 0.25) is 0 Å². The number of carbonyl (C=O) groups is 2. The number of benzene rings is 1. The van der Waals surface area contributed by atoms with Crippen molar-refractivity contribution in [1.82, 2.24) is 20.0 Å². The zero-order valence-corrected chi connectivity index (χ0v) is 14.0. The molecule has 130 valence electrons. The van der Waals surface area contributed by atoms with Crippen LogP contribution in [-0.2, 0) is 16.1 Å². The second-order valence-corrected chi connectivity index (χ2v) is 6.17. The Morgan fingerprint density at radius 3 is 2.60 bits per heavy atom. The lowest BCUT2D eigenvalue weighted by atomic mass is 10.1. The molecule has 25 heavy (non-hydrogen) atoms. The Morgan fingerprint density at radius 1 is 1.20 bits per heavy atom. The van der Waals surface area contributed by atoms with Gasteiger partial charge in [0.15, 0.2) is 0 Å². The van der Waals surface area contributed by atoms with Gasteiger partial charge in [0.2, 0.25) is 11.8 Å². The van der Waals surface area contributed by atoms with Crippen LogP contribution < -0.4 is 10.9 Å². The van der Waals surface area contributed by atoms with Crippen LogP contribution in [-0.4, -0.2) is 46.1 Å². The molecular formula is C18H20N4O3. The summed E-state index contributed by atoms with van der Waals surface area (Å²) in [5.41, 5.74) is 1.12. The van der Waals surface area contributed by atoms with Crippen LogP contribution in [0.15, 0.2) is 47.3 Å². The van der Waals surface area contributed by atoms with Gasteiger partial charge in [-0.2, -0.15) is 5.10 Å². The molecule has 1 N–H and O–H groups in total. The van der Waals surface area contributed by atoms with E-state index in [2.05, 4.69) is 10.4 Å². The third-order valence-corrected chi connectivity index (χ3v) is 3.97. The highest BCUT2D eigenvalue weighted by atomic mass is 16.2. The van der Waals surface area contributed by atoms with Crippen molar-refractivity contribution in [3.63, 3.8) is 0 Å². The lowest BCUT2D eigenvalue weighted by Gasteiger charge is -2.17. The molecule has 1 fully saturated rings. The summed E-state index contributed by atoms with van der Waals surface area (Å²) < 4.78 is 1.12. The van der Waals surface area contributed by atoms with Crippen molar-refractivity contribution in [2.24, 2.45) is 0 Å². The van der Waals surface area contributed by atoms with E-state index in [9.17, 15) is 14.4 Å². The minimum atomic E-state index is -0.358. The van der Waals surface area contributed by atoms with Crippen molar-refractivity contribution in [3.8, 4) is 11.3 Å². The summed E-state index contributed by atoms with van der Waals surface area (Å²) in [6, 6.07) is 12.7. The van der Waals surface area contributed by atoms with Gasteiger partial charge in [-0.3, -0.25) is 14.4 Å². The molecule has 2 amide bonds. The molecule has 7 heteroatoms. The molecule has 0 bridgehead atoms. The van der Waals surface area contributed by atoms with E-state index < -0.39 is 0 Å². The molecule has 1 aliphatic rings. The van der Waals surface area contributed by atoms with Gasteiger partial charge in [-0.1, -0.05) is 30.3 Å². The highest BCUT2D eigenvalue weighted by Crippen LogP contribution is 2.18. The molecule has 1 heterocycles. The minimum absolute atomic E-state index is 0.0253. The Balaban J connectivity index is 1.67. The van der Waals surface area contributed by atoms with Crippen LogP contribution in [0.25, 0.3) is 11.3 Å². The first kappa shape index (κ1) is 16.9. The van der Waals surface area contributed by atoms with Crippen molar-refractivity contribution >= 4 is 11.8 Å². The molecule has 1 aromatic carbocycles. The van der Waals surface area contributed by atoms with E-state index in [0.717, 1.165) is 23.1 Å². The lowest BCUT2D eigenvalue weighted by Crippen LogP contribution is -2.41. The molecule has 2 aromatic rings. The predicted octanol–water partition coefficient (Wildman–Crippen LogP) is 0.647. The van der Waals surface area contributed by atoms with Gasteiger partial charge < -0.3 is 10.2 Å². The molecule has 0 aliphatic heterocycles. The number of amides is 2. The smallest absolute Gasteiger partial charge is 0.267 e. The number of likely N-dealkylation sites (N-methyl/N-ethyl adjacent to an activating group) is 1. The van der Waals surface area contributed by atoms with Crippen LogP contribution in [0, 0.1) is 0 Å². The second kappa shape index (κ2) is 7.29. The molecule has 0 unspecified atom stereocenters. The van der Waals surface area contributed by atoms with Gasteiger partial charge in [-0.25, -0.2) is 4.68 Å². The SMILES string of the molecule is CN(CC(=O)NC1CC1)C(=O)Cn1nc(-c2ccccc2)ccc1=O. The lowest BCUT2D eigenvalue weighted by molar-refractivity contribution is -0.135. The van der Waals surface area contributed by atoms with Crippen LogP contribution >= 0.6 is 0 Å². The zero-order valence-electron chi connectivity index (χ0n) is 14.0. The van der Waals surface area contributed by atoms with Crippen LogP contribution in [0.1, 0.15) is 12.8 Å². The third-order valence-electron chi connectivity index (χ3n) is 3.97. The number of hydrogen-bond acceptors (Lipinski definition) is 4. The topological polar surface area (TPSA) is 84.3 Å². The highest BCUT2D eigenvalue weighted by Gasteiger charge is 2.24. The average molecular weight is 340 g/mol. The molecule has 0 spiro atoms. The van der Waals surface area contributed by atoms with Crippen molar-refractivity contribution in [2.45, 2.75) is 25.4 Å². The fourth-order valence-corrected chi connectivity index (χ4v) is 2.38. The third kappa shape index (κ3) is 4.53. The second-order valence-electron chi connectivity index (χ2n) is 6.17. The summed E-state index contributed by atoms with van der Waals surface area (Å²) >= 11 is 0. The maximum absolute atomic E-state index is 12.3. The van der Waals surface area contributed by atoms with Crippen molar-refractivity contribution in [1.29, 1.82) is 0 Å². The van der Waals surface area contributed by atoms with Gasteiger partial charge in [0, 0.05) is 24.7 Å². The summed E-state index contributed by atoms with van der Waals surface area (Å²) in [6.07, 6.45) is 1.99. The summed E-state index contributed by atoms with van der Waals surface area (Å²) in [4.78, 5) is 37.4. The van der Waals surface area contributed by atoms with Crippen molar-refractivity contribution in [2.75, 3.05) is 13.6 Å². The van der Waals surface area contributed by atoms with E-state index in [-0.39, 0.29) is 36.5 Å². The summed E-state index contributed by atoms with van der Waals surface area (Å²) in [6.45, 7) is -0.227. The van der Waals surface area contributed by atoms with E-state index in [1.807, 2.05) is 30.3 Å². The van der Waals surface area contributed by atoms with Gasteiger partial charge in [0.25, 0.3) is 5.56 Å². The Kier molecular flexibility index (Phi) is 4.92. The largest absolute Gasteiger partial charge is 0.352 e. The summed E-state index contributed by atoms with van der Waals surface area (Å²) in [5, 5.41) is 7.09. The maximum atomic E-state index is 12.3. The molecule has 1 aromatic heterocycles. The Morgan fingerprint density at radius 2 is 1.92 bits per heavy atom. The van der Waals surface area contributed by atoms with Crippen LogP contribution in [0.3, 0.4) is 0 Å². The van der Waals surface area contributed by atoms with Crippen LogP contribution in [0.5, 0.6) is 0 Å². The standard InChI is InChI=1S/C18H20N4O3/c1-21(11-16(23)19-14-7-8-14)18(25)12-22-17(24)10-9-15(20-22)13-5-3-2-4-6-13/h2-6,9-10,14H,7-8,11-12H2,1H3,(H,19,23). The zero-order chi connectivity index (χ0) is 17.8. The average Bonchev–Trinajstić information content (AvgIpc) is 3.41. The van der Waals surface area contributed by atoms with Gasteiger partial charge in [0.05, 0.1) is 12.2 Å². The highest BCUT2D eigenvalue weighted by molar-refractivity contribution is 5.84. The summed E-state index contributed by atoms with van der Waals surface area (Å²) in [5.74, 6) is -0.526. The fraction of sp³-hybridized carbons (Fsp3) is 0.333. The monoisotopic (exact) mass is 340 g/mol. The first-order chi connectivity index (χ1) is 12.0. The molecule has 3 rings (SSSR count). The first-order valence-electron chi connectivity index (χ1n) is 8.20. The number of carbonyl (C=O) groups excluding carboxylic acids is 2. The molecular weight excluding hydrogens is 320 g/mol. The Bertz CT molecular complexity index is 828. The molecule has 0 atom stereocenters. The summed E-state index contributed by atoms with van der Waals surface area (Å²) in [7, 11) is 1.54. The van der Waals surface area contributed by atoms with E-state index in [1.165, 1.54) is 11.0 Å². The van der Waals surface area contributed by atoms with E-state index in [0.29, 0.717) is 5.69 Å². The van der Waals surface area contributed by atoms with E-state index in [4.69, 9.17) is 0 Å². The Labute approximate surface area is 145 Å². The van der Waals surface area contributed by atoms with Gasteiger partial charge >= 0.3 is 0 Å². The number of hydrogen-bond donors (Lipinski definition) is 1. The van der Waals surface area contributed by atoms with Gasteiger partial charge in [-0.05, 0) is 18.9 Å². The molecule has 0 saturated heterocycles. The van der Waals surface area contributed by atoms with Crippen molar-refractivity contribution < 1.29 is 9.59 Å². The minimum Gasteiger partial charge on any atom is -0.352 e. The normalized spacial score (nSPS) is 13.3. The first-order valence-corrected chi connectivity index (χ1v) is 8.20. The van der Waals surface area contributed by atoms with Crippen molar-refractivity contribution in [3.05, 3.63) is 52.8 Å². The van der Waals surface area contributed by atoms with E-state index in [1.54, 1.807) is 13.1 Å². The molecule has 1 aliphatic carbocycles. The molecule has 7 nitrogen and oxygen atoms in total. The Hall–Kier alpha value is -2.96. The van der Waals surface area contributed by atoms with Gasteiger partial charge in [-0.15, -0.1) is 0 Å². The number of nitrogens with one attached hydrogen (secondary N) is 1. The van der Waals surface area contributed by atoms with Crippen LogP contribution in [0.4, 0.5) is 0 Å². The van der Waals surface area contributed by atoms with Gasteiger partial charge in [0.1, 0.15) is 6.54 Å². The predicted molar refractivity (Wildman–Crippen MR) is 92.7 cm³/mol. The maximum Gasteiger partial charge on any atom is 0.267 e. The molecule has 1 saturated carbocycles. The number of rotatable bonds is 6. The quantitative estimate of drug-likeness (QED) is 0.837. The fourth-order valence-electron chi connectivity index (χ4n) is 2.38. The van der Waals surface area contributed by atoms with E-state index >= 15 is 0 Å².